The van der Waals surface area contributed by atoms with Crippen molar-refractivity contribution in [1.29, 1.82) is 0 Å². The zero-order valence-corrected chi connectivity index (χ0v) is 10.00. The minimum Gasteiger partial charge on any atom is -0.325 e. The summed E-state index contributed by atoms with van der Waals surface area (Å²) in [6.45, 7) is 2.59. The van der Waals surface area contributed by atoms with E-state index in [4.69, 9.17) is 5.73 Å². The molecule has 0 aliphatic heterocycles. The summed E-state index contributed by atoms with van der Waals surface area (Å²) in [5.74, 6) is 0. The Kier molecular flexibility index (Phi) is 3.59. The lowest BCUT2D eigenvalue weighted by molar-refractivity contribution is 0.943. The smallest absolute Gasteiger partial charge is 0.0678 e. The number of nitrogens with zero attached hydrogens (tertiary/aromatic N) is 1. The molecule has 3 heteroatoms. The van der Waals surface area contributed by atoms with Gasteiger partial charge in [0.05, 0.1) is 5.69 Å². The maximum atomic E-state index is 5.67. The Morgan fingerprint density at radius 2 is 1.88 bits per heavy atom. The second kappa shape index (κ2) is 5.14. The Bertz CT molecular complexity index is 483. The minimum absolute atomic E-state index is 0.481. The number of aromatic nitrogens is 1. The van der Waals surface area contributed by atoms with Crippen LogP contribution in [0, 0.1) is 6.92 Å². The highest BCUT2D eigenvalue weighted by atomic mass is 32.2. The van der Waals surface area contributed by atoms with E-state index in [-0.39, 0.29) is 0 Å². The normalized spacial score (nSPS) is 10.4. The SMILES string of the molecule is Cc1ccccc1Sc1cccnc1CN. The predicted molar refractivity (Wildman–Crippen MR) is 67.4 cm³/mol. The van der Waals surface area contributed by atoms with Gasteiger partial charge in [-0.3, -0.25) is 4.98 Å². The van der Waals surface area contributed by atoms with E-state index < -0.39 is 0 Å². The lowest BCUT2D eigenvalue weighted by Gasteiger charge is -2.07. The summed E-state index contributed by atoms with van der Waals surface area (Å²) in [6, 6.07) is 12.3. The third-order valence-electron chi connectivity index (χ3n) is 2.36. The van der Waals surface area contributed by atoms with Crippen molar-refractivity contribution in [1.82, 2.24) is 4.98 Å². The molecule has 0 unspecified atom stereocenters. The maximum Gasteiger partial charge on any atom is 0.0678 e. The van der Waals surface area contributed by atoms with E-state index in [0.29, 0.717) is 6.54 Å². The second-order valence-electron chi connectivity index (χ2n) is 3.52. The molecule has 0 amide bonds. The lowest BCUT2D eigenvalue weighted by atomic mass is 10.2. The summed E-state index contributed by atoms with van der Waals surface area (Å²) < 4.78 is 0. The molecule has 2 rings (SSSR count). The molecule has 82 valence electrons. The van der Waals surface area contributed by atoms with Gasteiger partial charge in [0, 0.05) is 22.5 Å². The Balaban J connectivity index is 2.30. The van der Waals surface area contributed by atoms with Crippen LogP contribution >= 0.6 is 11.8 Å². The molecule has 0 aliphatic rings. The van der Waals surface area contributed by atoms with Crippen LogP contribution in [-0.2, 0) is 6.54 Å². The summed E-state index contributed by atoms with van der Waals surface area (Å²) in [5.41, 5.74) is 7.90. The molecule has 2 nitrogen and oxygen atoms in total. The van der Waals surface area contributed by atoms with Gasteiger partial charge in [-0.15, -0.1) is 0 Å². The van der Waals surface area contributed by atoms with E-state index in [9.17, 15) is 0 Å². The maximum absolute atomic E-state index is 5.67. The second-order valence-corrected chi connectivity index (χ2v) is 4.60. The number of nitrogens with two attached hydrogens (primary N) is 1. The van der Waals surface area contributed by atoms with Crippen molar-refractivity contribution in [3.05, 3.63) is 53.9 Å². The molecule has 1 aromatic heterocycles. The fourth-order valence-electron chi connectivity index (χ4n) is 1.46. The fourth-order valence-corrected chi connectivity index (χ4v) is 2.47. The molecule has 0 spiro atoms. The van der Waals surface area contributed by atoms with Crippen LogP contribution in [0.2, 0.25) is 0 Å². The molecule has 16 heavy (non-hydrogen) atoms. The van der Waals surface area contributed by atoms with Crippen molar-refractivity contribution in [3.8, 4) is 0 Å². The summed E-state index contributed by atoms with van der Waals surface area (Å²) in [7, 11) is 0. The van der Waals surface area contributed by atoms with Crippen molar-refractivity contribution < 1.29 is 0 Å². The van der Waals surface area contributed by atoms with Crippen LogP contribution in [0.3, 0.4) is 0 Å². The summed E-state index contributed by atoms with van der Waals surface area (Å²) >= 11 is 1.72. The molecule has 0 fully saturated rings. The first-order chi connectivity index (χ1) is 7.81. The Labute approximate surface area is 99.9 Å². The van der Waals surface area contributed by atoms with E-state index in [1.54, 1.807) is 18.0 Å². The molecule has 0 aliphatic carbocycles. The van der Waals surface area contributed by atoms with E-state index in [1.807, 2.05) is 18.2 Å². The van der Waals surface area contributed by atoms with Crippen LogP contribution in [0.4, 0.5) is 0 Å². The van der Waals surface area contributed by atoms with E-state index in [1.165, 1.54) is 10.5 Å². The average Bonchev–Trinajstić information content (AvgIpc) is 2.33. The third kappa shape index (κ3) is 2.43. The molecule has 0 atom stereocenters. The van der Waals surface area contributed by atoms with Crippen molar-refractivity contribution >= 4 is 11.8 Å². The Hall–Kier alpha value is -1.32. The first kappa shape index (κ1) is 11.2. The first-order valence-corrected chi connectivity index (χ1v) is 6.00. The predicted octanol–water partition coefficient (Wildman–Crippen LogP) is 3.00. The van der Waals surface area contributed by atoms with Gasteiger partial charge in [0.1, 0.15) is 0 Å². The van der Waals surface area contributed by atoms with Crippen LogP contribution < -0.4 is 5.73 Å². The van der Waals surface area contributed by atoms with E-state index in [2.05, 4.69) is 30.1 Å². The van der Waals surface area contributed by atoms with Crippen LogP contribution in [0.25, 0.3) is 0 Å². The highest BCUT2D eigenvalue weighted by Crippen LogP contribution is 2.31. The molecule has 0 radical (unpaired) electrons. The van der Waals surface area contributed by atoms with E-state index in [0.717, 1.165) is 10.6 Å². The zero-order valence-electron chi connectivity index (χ0n) is 9.18. The van der Waals surface area contributed by atoms with Gasteiger partial charge in [0.2, 0.25) is 0 Å². The van der Waals surface area contributed by atoms with Crippen LogP contribution in [-0.4, -0.2) is 4.98 Å². The van der Waals surface area contributed by atoms with Gasteiger partial charge in [0.25, 0.3) is 0 Å². The molecule has 1 heterocycles. The quantitative estimate of drug-likeness (QED) is 0.881. The highest BCUT2D eigenvalue weighted by molar-refractivity contribution is 7.99. The zero-order chi connectivity index (χ0) is 11.4. The topological polar surface area (TPSA) is 38.9 Å². The van der Waals surface area contributed by atoms with Crippen LogP contribution in [0.1, 0.15) is 11.3 Å². The molecule has 0 saturated heterocycles. The summed E-state index contributed by atoms with van der Waals surface area (Å²) in [4.78, 5) is 6.67. The standard InChI is InChI=1S/C13H14N2S/c1-10-5-2-3-6-12(10)16-13-7-4-8-15-11(13)9-14/h2-8H,9,14H2,1H3. The molecule has 2 N–H and O–H groups in total. The fraction of sp³-hybridized carbons (Fsp3) is 0.154. The molecule has 0 bridgehead atoms. The monoisotopic (exact) mass is 230 g/mol. The van der Waals surface area contributed by atoms with Gasteiger partial charge in [-0.2, -0.15) is 0 Å². The van der Waals surface area contributed by atoms with Gasteiger partial charge in [0.15, 0.2) is 0 Å². The van der Waals surface area contributed by atoms with Gasteiger partial charge in [-0.25, -0.2) is 0 Å². The van der Waals surface area contributed by atoms with Gasteiger partial charge >= 0.3 is 0 Å². The first-order valence-electron chi connectivity index (χ1n) is 5.18. The van der Waals surface area contributed by atoms with Crippen molar-refractivity contribution in [3.63, 3.8) is 0 Å². The number of hydrogen-bond acceptors (Lipinski definition) is 3. The molecule has 1 aromatic carbocycles. The molecular weight excluding hydrogens is 216 g/mol. The molecule has 2 aromatic rings. The molecule has 0 saturated carbocycles. The summed E-state index contributed by atoms with van der Waals surface area (Å²) in [5, 5.41) is 0. The van der Waals surface area contributed by atoms with Gasteiger partial charge in [-0.05, 0) is 30.7 Å². The third-order valence-corrected chi connectivity index (χ3v) is 3.62. The lowest BCUT2D eigenvalue weighted by Crippen LogP contribution is -2.00. The van der Waals surface area contributed by atoms with Crippen molar-refractivity contribution in [2.24, 2.45) is 5.73 Å². The van der Waals surface area contributed by atoms with Crippen molar-refractivity contribution in [2.75, 3.05) is 0 Å². The van der Waals surface area contributed by atoms with Crippen LogP contribution in [0.15, 0.2) is 52.4 Å². The van der Waals surface area contributed by atoms with Crippen molar-refractivity contribution in [2.45, 2.75) is 23.3 Å². The number of rotatable bonds is 3. The van der Waals surface area contributed by atoms with Gasteiger partial charge < -0.3 is 5.73 Å². The number of aryl methyl sites for hydroxylation is 1. The van der Waals surface area contributed by atoms with Crippen LogP contribution in [0.5, 0.6) is 0 Å². The Morgan fingerprint density at radius 1 is 1.12 bits per heavy atom. The number of benzene rings is 1. The molecular formula is C13H14N2S. The number of hydrogen-bond donors (Lipinski definition) is 1. The highest BCUT2D eigenvalue weighted by Gasteiger charge is 2.05. The van der Waals surface area contributed by atoms with E-state index >= 15 is 0 Å². The van der Waals surface area contributed by atoms with Gasteiger partial charge in [-0.1, -0.05) is 30.0 Å². The largest absolute Gasteiger partial charge is 0.325 e. The Morgan fingerprint density at radius 3 is 2.62 bits per heavy atom. The minimum atomic E-state index is 0.481. The summed E-state index contributed by atoms with van der Waals surface area (Å²) in [6.07, 6.45) is 1.78. The number of pyridine rings is 1. The average molecular weight is 230 g/mol.